The third kappa shape index (κ3) is 3.03. The summed E-state index contributed by atoms with van der Waals surface area (Å²) >= 11 is 0. The fourth-order valence-corrected chi connectivity index (χ4v) is 1.98. The largest absolute Gasteiger partial charge is 0.494 e. The van der Waals surface area contributed by atoms with E-state index in [2.05, 4.69) is 0 Å². The fourth-order valence-electron chi connectivity index (χ4n) is 1.98. The van der Waals surface area contributed by atoms with Crippen molar-refractivity contribution in [3.8, 4) is 5.75 Å². The third-order valence-electron chi connectivity index (χ3n) is 3.00. The minimum atomic E-state index is -0.756. The van der Waals surface area contributed by atoms with Gasteiger partial charge in [-0.05, 0) is 23.8 Å². The van der Waals surface area contributed by atoms with Crippen molar-refractivity contribution in [1.82, 2.24) is 0 Å². The maximum atomic E-state index is 13.6. The Kier molecular flexibility index (Phi) is 4.02. The van der Waals surface area contributed by atoms with Crippen molar-refractivity contribution in [2.75, 3.05) is 12.8 Å². The number of halogens is 1. The predicted molar refractivity (Wildman–Crippen MR) is 72.5 cm³/mol. The number of nitrogen functional groups attached to an aromatic ring is 1. The summed E-state index contributed by atoms with van der Waals surface area (Å²) in [7, 11) is 1.41. The molecule has 0 saturated heterocycles. The van der Waals surface area contributed by atoms with Crippen molar-refractivity contribution in [2.45, 2.75) is 12.5 Å². The van der Waals surface area contributed by atoms with Crippen molar-refractivity contribution in [3.05, 3.63) is 59.4 Å². The van der Waals surface area contributed by atoms with Crippen LogP contribution in [0, 0.1) is 5.82 Å². The first-order chi connectivity index (χ1) is 9.11. The van der Waals surface area contributed by atoms with E-state index >= 15 is 0 Å². The van der Waals surface area contributed by atoms with E-state index in [4.69, 9.17) is 10.5 Å². The van der Waals surface area contributed by atoms with E-state index in [1.54, 1.807) is 30.3 Å². The number of hydrogen-bond donors (Lipinski definition) is 2. The molecule has 3 nitrogen and oxygen atoms in total. The average Bonchev–Trinajstić information content (AvgIpc) is 2.39. The van der Waals surface area contributed by atoms with E-state index in [-0.39, 0.29) is 5.75 Å². The molecule has 2 aromatic rings. The van der Waals surface area contributed by atoms with Gasteiger partial charge in [0.15, 0.2) is 11.6 Å². The van der Waals surface area contributed by atoms with Gasteiger partial charge in [-0.2, -0.15) is 0 Å². The van der Waals surface area contributed by atoms with Gasteiger partial charge in [0.2, 0.25) is 0 Å². The zero-order chi connectivity index (χ0) is 13.8. The van der Waals surface area contributed by atoms with E-state index in [1.165, 1.54) is 13.2 Å². The van der Waals surface area contributed by atoms with Gasteiger partial charge in [0.25, 0.3) is 0 Å². The van der Waals surface area contributed by atoms with Crippen LogP contribution in [0.4, 0.5) is 10.1 Å². The molecular weight excluding hydrogens is 245 g/mol. The van der Waals surface area contributed by atoms with Gasteiger partial charge < -0.3 is 15.6 Å². The van der Waals surface area contributed by atoms with Gasteiger partial charge in [-0.15, -0.1) is 0 Å². The fraction of sp³-hybridized carbons (Fsp3) is 0.200. The molecule has 0 spiro atoms. The molecule has 2 aromatic carbocycles. The minimum absolute atomic E-state index is 0.192. The van der Waals surface area contributed by atoms with E-state index in [0.29, 0.717) is 23.2 Å². The average molecular weight is 261 g/mol. The summed E-state index contributed by atoms with van der Waals surface area (Å²) in [6, 6.07) is 11.7. The molecule has 0 heterocycles. The summed E-state index contributed by atoms with van der Waals surface area (Å²) in [6.07, 6.45) is -0.455. The Labute approximate surface area is 111 Å². The summed E-state index contributed by atoms with van der Waals surface area (Å²) in [5.74, 6) is -0.245. The van der Waals surface area contributed by atoms with Crippen LogP contribution < -0.4 is 10.5 Å². The number of methoxy groups -OCH3 is 1. The lowest BCUT2D eigenvalue weighted by Gasteiger charge is -2.14. The van der Waals surface area contributed by atoms with Gasteiger partial charge in [0.05, 0.1) is 13.2 Å². The summed E-state index contributed by atoms with van der Waals surface area (Å²) in [6.45, 7) is 0. The highest BCUT2D eigenvalue weighted by Gasteiger charge is 2.12. The number of aliphatic hydroxyl groups excluding tert-OH is 1. The second-order valence-electron chi connectivity index (χ2n) is 4.32. The molecule has 2 rings (SSSR count). The van der Waals surface area contributed by atoms with E-state index in [9.17, 15) is 9.50 Å². The molecule has 19 heavy (non-hydrogen) atoms. The van der Waals surface area contributed by atoms with Crippen LogP contribution in [0.25, 0.3) is 0 Å². The number of ether oxygens (including phenoxy) is 1. The molecule has 0 radical (unpaired) electrons. The molecule has 4 heteroatoms. The quantitative estimate of drug-likeness (QED) is 0.832. The number of hydrogen-bond acceptors (Lipinski definition) is 3. The van der Waals surface area contributed by atoms with Gasteiger partial charge >= 0.3 is 0 Å². The molecule has 3 N–H and O–H groups in total. The van der Waals surface area contributed by atoms with Crippen molar-refractivity contribution < 1.29 is 14.2 Å². The van der Waals surface area contributed by atoms with Crippen LogP contribution >= 0.6 is 0 Å². The van der Waals surface area contributed by atoms with Gasteiger partial charge in [-0.3, -0.25) is 0 Å². The highest BCUT2D eigenvalue weighted by atomic mass is 19.1. The molecule has 0 saturated carbocycles. The van der Waals surface area contributed by atoms with Crippen LogP contribution in [0.3, 0.4) is 0 Å². The number of rotatable bonds is 4. The van der Waals surface area contributed by atoms with E-state index < -0.39 is 11.9 Å². The summed E-state index contributed by atoms with van der Waals surface area (Å²) in [5.41, 5.74) is 7.67. The number of nitrogens with two attached hydrogens (primary N) is 1. The van der Waals surface area contributed by atoms with Crippen LogP contribution in [0.1, 0.15) is 17.2 Å². The highest BCUT2D eigenvalue weighted by Crippen LogP contribution is 2.25. The monoisotopic (exact) mass is 261 g/mol. The minimum Gasteiger partial charge on any atom is -0.494 e. The second kappa shape index (κ2) is 5.71. The Hall–Kier alpha value is -2.07. The zero-order valence-corrected chi connectivity index (χ0v) is 10.6. The molecule has 0 bridgehead atoms. The topological polar surface area (TPSA) is 55.5 Å². The first-order valence-corrected chi connectivity index (χ1v) is 5.96. The Morgan fingerprint density at radius 2 is 2.00 bits per heavy atom. The van der Waals surface area contributed by atoms with Crippen LogP contribution in [0.2, 0.25) is 0 Å². The molecule has 0 aliphatic heterocycles. The van der Waals surface area contributed by atoms with Crippen molar-refractivity contribution in [3.63, 3.8) is 0 Å². The molecule has 1 unspecified atom stereocenters. The smallest absolute Gasteiger partial charge is 0.165 e. The summed E-state index contributed by atoms with van der Waals surface area (Å²) < 4.78 is 18.4. The molecule has 1 atom stereocenters. The summed E-state index contributed by atoms with van der Waals surface area (Å²) in [5, 5.41) is 10.1. The Morgan fingerprint density at radius 1 is 1.26 bits per heavy atom. The second-order valence-corrected chi connectivity index (χ2v) is 4.32. The molecule has 0 amide bonds. The molecule has 0 aromatic heterocycles. The number of aliphatic hydroxyl groups is 1. The molecule has 0 fully saturated rings. The third-order valence-corrected chi connectivity index (χ3v) is 3.00. The van der Waals surface area contributed by atoms with Gasteiger partial charge in [-0.1, -0.05) is 24.3 Å². The maximum absolute atomic E-state index is 13.6. The lowest BCUT2D eigenvalue weighted by atomic mass is 10.00. The molecule has 0 aliphatic carbocycles. The Bertz CT molecular complexity index is 572. The number of benzene rings is 2. The van der Waals surface area contributed by atoms with Gasteiger partial charge in [0, 0.05) is 17.7 Å². The number of para-hydroxylation sites is 1. The Balaban J connectivity index is 2.17. The van der Waals surface area contributed by atoms with Crippen molar-refractivity contribution >= 4 is 5.69 Å². The van der Waals surface area contributed by atoms with E-state index in [0.717, 1.165) is 0 Å². The standard InChI is InChI=1S/C15H16FNO2/c1-19-15-7-6-10(8-12(15)16)9-14(18)11-4-2-3-5-13(11)17/h2-8,14,18H,9,17H2,1H3. The van der Waals surface area contributed by atoms with Gasteiger partial charge in [0.1, 0.15) is 0 Å². The summed E-state index contributed by atoms with van der Waals surface area (Å²) in [4.78, 5) is 0. The van der Waals surface area contributed by atoms with Crippen LogP contribution in [-0.2, 0) is 6.42 Å². The SMILES string of the molecule is COc1ccc(CC(O)c2ccccc2N)cc1F. The lowest BCUT2D eigenvalue weighted by Crippen LogP contribution is -2.05. The van der Waals surface area contributed by atoms with Crippen LogP contribution in [0.5, 0.6) is 5.75 Å². The normalized spacial score (nSPS) is 12.2. The molecule has 0 aliphatic rings. The predicted octanol–water partition coefficient (Wildman–Crippen LogP) is 2.69. The molecule has 100 valence electrons. The first-order valence-electron chi connectivity index (χ1n) is 5.96. The van der Waals surface area contributed by atoms with Crippen molar-refractivity contribution in [1.29, 1.82) is 0 Å². The van der Waals surface area contributed by atoms with E-state index in [1.807, 2.05) is 6.07 Å². The maximum Gasteiger partial charge on any atom is 0.165 e. The van der Waals surface area contributed by atoms with Gasteiger partial charge in [-0.25, -0.2) is 4.39 Å². The van der Waals surface area contributed by atoms with Crippen LogP contribution in [0.15, 0.2) is 42.5 Å². The highest BCUT2D eigenvalue weighted by molar-refractivity contribution is 5.48. The Morgan fingerprint density at radius 3 is 2.63 bits per heavy atom. The van der Waals surface area contributed by atoms with Crippen LogP contribution in [-0.4, -0.2) is 12.2 Å². The van der Waals surface area contributed by atoms with Crippen molar-refractivity contribution in [2.24, 2.45) is 0 Å². The lowest BCUT2D eigenvalue weighted by molar-refractivity contribution is 0.179. The first kappa shape index (κ1) is 13.4. The molecular formula is C15H16FNO2. The number of anilines is 1. The zero-order valence-electron chi connectivity index (χ0n) is 10.6.